The minimum atomic E-state index is 0.0590. The van der Waals surface area contributed by atoms with Crippen LogP contribution in [0.3, 0.4) is 0 Å². The second-order valence-electron chi connectivity index (χ2n) is 5.85. The second-order valence-corrected chi connectivity index (χ2v) is 5.85. The Bertz CT molecular complexity index is 572. The van der Waals surface area contributed by atoms with Gasteiger partial charge in [-0.1, -0.05) is 19.1 Å². The highest BCUT2D eigenvalue weighted by atomic mass is 16.3. The monoisotopic (exact) mass is 315 g/mol. The summed E-state index contributed by atoms with van der Waals surface area (Å²) in [5, 5.41) is 18.4. The molecule has 0 saturated carbocycles. The summed E-state index contributed by atoms with van der Waals surface area (Å²) in [6, 6.07) is 7.98. The van der Waals surface area contributed by atoms with Crippen molar-refractivity contribution in [1.29, 1.82) is 5.26 Å². The number of benzene rings is 1. The highest BCUT2D eigenvalue weighted by molar-refractivity contribution is 5.75. The Morgan fingerprint density at radius 2 is 2.00 bits per heavy atom. The Hall–Kier alpha value is -1.90. The number of hydrogen-bond donors (Lipinski definition) is 1. The number of piperazine rings is 1. The van der Waals surface area contributed by atoms with Crippen molar-refractivity contribution >= 4 is 5.91 Å². The Kier molecular flexibility index (Phi) is 6.57. The second kappa shape index (κ2) is 8.66. The molecular weight excluding hydrogens is 290 g/mol. The van der Waals surface area contributed by atoms with Gasteiger partial charge in [0.25, 0.3) is 0 Å². The lowest BCUT2D eigenvalue weighted by molar-refractivity contribution is -0.132. The fourth-order valence-corrected chi connectivity index (χ4v) is 3.10. The molecule has 1 amide bonds. The smallest absolute Gasteiger partial charge is 0.222 e. The van der Waals surface area contributed by atoms with Crippen molar-refractivity contribution in [2.24, 2.45) is 0 Å². The molecule has 1 aliphatic rings. The number of amides is 1. The summed E-state index contributed by atoms with van der Waals surface area (Å²) < 4.78 is 0. The van der Waals surface area contributed by atoms with Gasteiger partial charge in [0.1, 0.15) is 0 Å². The zero-order chi connectivity index (χ0) is 16.7. The molecule has 2 rings (SSSR count). The van der Waals surface area contributed by atoms with Crippen LogP contribution in [-0.4, -0.2) is 60.1 Å². The molecule has 1 aliphatic heterocycles. The molecular formula is C18H25N3O2. The number of carbonyl (C=O) groups is 1. The lowest BCUT2D eigenvalue weighted by Crippen LogP contribution is -2.48. The minimum absolute atomic E-state index is 0.0590. The van der Waals surface area contributed by atoms with Crippen LogP contribution in [0.4, 0.5) is 0 Å². The van der Waals surface area contributed by atoms with Gasteiger partial charge < -0.3 is 10.0 Å². The van der Waals surface area contributed by atoms with Crippen LogP contribution in [0.2, 0.25) is 0 Å². The quantitative estimate of drug-likeness (QED) is 0.856. The number of carbonyl (C=O) groups excluding carboxylic acids is 1. The van der Waals surface area contributed by atoms with E-state index in [4.69, 9.17) is 0 Å². The summed E-state index contributed by atoms with van der Waals surface area (Å²) in [5.74, 6) is 0.233. The first-order valence-corrected chi connectivity index (χ1v) is 8.31. The first-order chi connectivity index (χ1) is 11.2. The van der Waals surface area contributed by atoms with E-state index in [0.29, 0.717) is 18.4 Å². The van der Waals surface area contributed by atoms with Crippen LogP contribution in [0.5, 0.6) is 0 Å². The van der Waals surface area contributed by atoms with Crippen LogP contribution in [0.15, 0.2) is 18.2 Å². The van der Waals surface area contributed by atoms with E-state index in [9.17, 15) is 15.2 Å². The van der Waals surface area contributed by atoms with Gasteiger partial charge in [-0.15, -0.1) is 0 Å². The molecule has 0 unspecified atom stereocenters. The molecule has 1 heterocycles. The topological polar surface area (TPSA) is 67.6 Å². The molecule has 0 spiro atoms. The van der Waals surface area contributed by atoms with Gasteiger partial charge in [0.05, 0.1) is 11.6 Å². The zero-order valence-electron chi connectivity index (χ0n) is 13.8. The van der Waals surface area contributed by atoms with Gasteiger partial charge in [-0.2, -0.15) is 5.26 Å². The molecule has 1 N–H and O–H groups in total. The Morgan fingerprint density at radius 1 is 1.26 bits per heavy atom. The number of rotatable bonds is 6. The molecule has 124 valence electrons. The van der Waals surface area contributed by atoms with Crippen molar-refractivity contribution in [2.75, 3.05) is 39.3 Å². The molecule has 0 bridgehead atoms. The number of aliphatic hydroxyl groups excluding tert-OH is 1. The third kappa shape index (κ3) is 4.54. The molecule has 1 fully saturated rings. The highest BCUT2D eigenvalue weighted by Crippen LogP contribution is 2.16. The van der Waals surface area contributed by atoms with E-state index in [2.05, 4.69) is 11.0 Å². The van der Waals surface area contributed by atoms with Crippen LogP contribution in [0.25, 0.3) is 0 Å². The number of nitrogens with zero attached hydrogens (tertiary/aromatic N) is 3. The van der Waals surface area contributed by atoms with E-state index in [1.54, 1.807) is 0 Å². The lowest BCUT2D eigenvalue weighted by Gasteiger charge is -2.34. The summed E-state index contributed by atoms with van der Waals surface area (Å²) in [6.07, 6.45) is 1.97. The summed E-state index contributed by atoms with van der Waals surface area (Å²) in [6.45, 7) is 6.28. The molecule has 1 aromatic rings. The average molecular weight is 315 g/mol. The van der Waals surface area contributed by atoms with E-state index >= 15 is 0 Å². The molecule has 0 aromatic heterocycles. The van der Waals surface area contributed by atoms with E-state index in [1.165, 1.54) is 0 Å². The lowest BCUT2D eigenvalue weighted by atomic mass is 9.97. The first-order valence-electron chi connectivity index (χ1n) is 8.31. The summed E-state index contributed by atoms with van der Waals surface area (Å²) in [5.41, 5.74) is 2.78. The van der Waals surface area contributed by atoms with Gasteiger partial charge in [0.15, 0.2) is 0 Å². The molecule has 1 saturated heterocycles. The summed E-state index contributed by atoms with van der Waals surface area (Å²) in [7, 11) is 0. The SMILES string of the molecule is CCC(=O)N1CCN(CCc2cccc(C#N)c2CCO)CC1. The van der Waals surface area contributed by atoms with Crippen LogP contribution in [0.1, 0.15) is 30.0 Å². The normalized spacial score (nSPS) is 15.4. The minimum Gasteiger partial charge on any atom is -0.396 e. The Balaban J connectivity index is 1.92. The zero-order valence-corrected chi connectivity index (χ0v) is 13.8. The van der Waals surface area contributed by atoms with Gasteiger partial charge in [-0.05, 0) is 30.0 Å². The van der Waals surface area contributed by atoms with Gasteiger partial charge in [-0.3, -0.25) is 9.69 Å². The first kappa shape index (κ1) is 17.5. The van der Waals surface area contributed by atoms with Crippen LogP contribution in [0, 0.1) is 11.3 Å². The maximum atomic E-state index is 11.7. The molecule has 0 radical (unpaired) electrons. The van der Waals surface area contributed by atoms with Gasteiger partial charge in [0.2, 0.25) is 5.91 Å². The van der Waals surface area contributed by atoms with Gasteiger partial charge in [0, 0.05) is 45.8 Å². The van der Waals surface area contributed by atoms with Crippen LogP contribution >= 0.6 is 0 Å². The van der Waals surface area contributed by atoms with Crippen molar-refractivity contribution in [1.82, 2.24) is 9.80 Å². The third-order valence-electron chi connectivity index (χ3n) is 4.48. The molecule has 0 atom stereocenters. The fraction of sp³-hybridized carbons (Fsp3) is 0.556. The number of hydrogen-bond acceptors (Lipinski definition) is 4. The fourth-order valence-electron chi connectivity index (χ4n) is 3.10. The number of nitriles is 1. The molecule has 5 heteroatoms. The molecule has 23 heavy (non-hydrogen) atoms. The summed E-state index contributed by atoms with van der Waals surface area (Å²) in [4.78, 5) is 16.0. The Labute approximate surface area is 138 Å². The van der Waals surface area contributed by atoms with Crippen molar-refractivity contribution in [2.45, 2.75) is 26.2 Å². The van der Waals surface area contributed by atoms with Crippen molar-refractivity contribution in [3.8, 4) is 6.07 Å². The van der Waals surface area contributed by atoms with E-state index in [-0.39, 0.29) is 12.5 Å². The van der Waals surface area contributed by atoms with Crippen LogP contribution < -0.4 is 0 Å². The molecule has 0 aliphatic carbocycles. The van der Waals surface area contributed by atoms with E-state index in [0.717, 1.165) is 50.3 Å². The average Bonchev–Trinajstić information content (AvgIpc) is 2.60. The number of aliphatic hydroxyl groups is 1. The molecule has 5 nitrogen and oxygen atoms in total. The van der Waals surface area contributed by atoms with Crippen molar-refractivity contribution in [3.63, 3.8) is 0 Å². The van der Waals surface area contributed by atoms with Crippen molar-refractivity contribution in [3.05, 3.63) is 34.9 Å². The Morgan fingerprint density at radius 3 is 2.61 bits per heavy atom. The standard InChI is InChI=1S/C18H25N3O2/c1-2-18(23)21-11-9-20(10-12-21)8-6-15-4-3-5-16(14-19)17(15)7-13-22/h3-5,22H,2,6-13H2,1H3. The van der Waals surface area contributed by atoms with E-state index < -0.39 is 0 Å². The van der Waals surface area contributed by atoms with Crippen molar-refractivity contribution < 1.29 is 9.90 Å². The predicted molar refractivity (Wildman–Crippen MR) is 89.0 cm³/mol. The molecule has 1 aromatic carbocycles. The van der Waals surface area contributed by atoms with Gasteiger partial charge >= 0.3 is 0 Å². The highest BCUT2D eigenvalue weighted by Gasteiger charge is 2.19. The maximum absolute atomic E-state index is 11.7. The maximum Gasteiger partial charge on any atom is 0.222 e. The van der Waals surface area contributed by atoms with Crippen LogP contribution in [-0.2, 0) is 17.6 Å². The van der Waals surface area contributed by atoms with E-state index in [1.807, 2.05) is 30.0 Å². The predicted octanol–water partition coefficient (Wildman–Crippen LogP) is 1.19. The third-order valence-corrected chi connectivity index (χ3v) is 4.48. The summed E-state index contributed by atoms with van der Waals surface area (Å²) >= 11 is 0. The largest absolute Gasteiger partial charge is 0.396 e. The van der Waals surface area contributed by atoms with Gasteiger partial charge in [-0.25, -0.2) is 0 Å².